The molecule has 11 heteroatoms. The number of aromatic nitrogens is 1. The van der Waals surface area contributed by atoms with Crippen LogP contribution >= 0.6 is 46.1 Å². The lowest BCUT2D eigenvalue weighted by molar-refractivity contribution is -0.139. The lowest BCUT2D eigenvalue weighted by atomic mass is 9.95. The van der Waals surface area contributed by atoms with Crippen LogP contribution in [0.2, 0.25) is 15.1 Å². The van der Waals surface area contributed by atoms with E-state index < -0.39 is 12.0 Å². The molecule has 1 aliphatic heterocycles. The summed E-state index contributed by atoms with van der Waals surface area (Å²) in [6.45, 7) is 7.66. The van der Waals surface area contributed by atoms with Gasteiger partial charge in [-0.25, -0.2) is 9.79 Å². The Bertz CT molecular complexity index is 1950. The first-order chi connectivity index (χ1) is 21.1. The van der Waals surface area contributed by atoms with Crippen LogP contribution in [0.1, 0.15) is 50.4 Å². The molecule has 7 nitrogen and oxygen atoms in total. The van der Waals surface area contributed by atoms with Gasteiger partial charge >= 0.3 is 5.97 Å². The summed E-state index contributed by atoms with van der Waals surface area (Å²) < 4.78 is 19.5. The normalized spacial score (nSPS) is 14.8. The Kier molecular flexibility index (Phi) is 9.85. The minimum atomic E-state index is -0.830. The third-order valence-corrected chi connectivity index (χ3v) is 8.41. The number of carbonyl (C=O) groups is 1. The summed E-state index contributed by atoms with van der Waals surface area (Å²) >= 11 is 20.3. The van der Waals surface area contributed by atoms with Crippen LogP contribution in [-0.2, 0) is 16.1 Å². The SMILES string of the molecule is CCOC(=O)C1=C(C)N=c2s/c(=C\c3cc(Cl)cc(Cl)c3OCc3cccc(Cl)c3)c(=O)n2[C@H]1c1ccccc1OC(C)C. The average molecular weight is 672 g/mol. The number of para-hydroxylation sites is 1. The van der Waals surface area contributed by atoms with Crippen molar-refractivity contribution in [3.05, 3.63) is 123 Å². The summed E-state index contributed by atoms with van der Waals surface area (Å²) in [5.41, 5.74) is 2.36. The fourth-order valence-electron chi connectivity index (χ4n) is 4.92. The highest BCUT2D eigenvalue weighted by molar-refractivity contribution is 7.07. The maximum absolute atomic E-state index is 14.2. The van der Waals surface area contributed by atoms with Crippen LogP contribution in [0.3, 0.4) is 0 Å². The maximum Gasteiger partial charge on any atom is 0.338 e. The van der Waals surface area contributed by atoms with Crippen LogP contribution in [0.4, 0.5) is 0 Å². The summed E-state index contributed by atoms with van der Waals surface area (Å²) in [6.07, 6.45) is 1.53. The number of halogens is 3. The number of benzene rings is 3. The topological polar surface area (TPSA) is 79.1 Å². The third kappa shape index (κ3) is 6.74. The molecule has 4 aromatic rings. The quantitative estimate of drug-likeness (QED) is 0.177. The van der Waals surface area contributed by atoms with Gasteiger partial charge < -0.3 is 14.2 Å². The highest BCUT2D eigenvalue weighted by atomic mass is 35.5. The van der Waals surface area contributed by atoms with Crippen LogP contribution in [-0.4, -0.2) is 23.2 Å². The smallest absolute Gasteiger partial charge is 0.338 e. The van der Waals surface area contributed by atoms with E-state index >= 15 is 0 Å². The molecule has 0 saturated heterocycles. The van der Waals surface area contributed by atoms with Crippen LogP contribution in [0.15, 0.2) is 81.7 Å². The molecule has 0 radical (unpaired) electrons. The number of fused-ring (bicyclic) bond motifs is 1. The lowest BCUT2D eigenvalue weighted by Gasteiger charge is -2.26. The van der Waals surface area contributed by atoms with E-state index in [0.29, 0.717) is 47.7 Å². The Labute approximate surface area is 273 Å². The number of hydrogen-bond acceptors (Lipinski definition) is 7. The molecule has 0 amide bonds. The van der Waals surface area contributed by atoms with Gasteiger partial charge in [-0.2, -0.15) is 0 Å². The molecule has 5 rings (SSSR count). The maximum atomic E-state index is 14.2. The zero-order valence-corrected chi connectivity index (χ0v) is 27.5. The molecule has 0 N–H and O–H groups in total. The monoisotopic (exact) mass is 670 g/mol. The molecule has 0 unspecified atom stereocenters. The van der Waals surface area contributed by atoms with E-state index in [0.717, 1.165) is 5.56 Å². The molecular formula is C33H29Cl3N2O5S. The molecule has 0 aliphatic carbocycles. The first-order valence-electron chi connectivity index (χ1n) is 13.9. The largest absolute Gasteiger partial charge is 0.491 e. The number of ether oxygens (including phenoxy) is 3. The zero-order valence-electron chi connectivity index (χ0n) is 24.4. The molecule has 3 aromatic carbocycles. The van der Waals surface area contributed by atoms with Crippen LogP contribution < -0.4 is 24.4 Å². The van der Waals surface area contributed by atoms with E-state index in [4.69, 9.17) is 49.0 Å². The predicted molar refractivity (Wildman–Crippen MR) is 175 cm³/mol. The molecule has 44 heavy (non-hydrogen) atoms. The number of hydrogen-bond donors (Lipinski definition) is 0. The minimum absolute atomic E-state index is 0.138. The van der Waals surface area contributed by atoms with E-state index in [-0.39, 0.29) is 35.5 Å². The van der Waals surface area contributed by atoms with E-state index in [1.807, 2.05) is 50.2 Å². The number of allylic oxidation sites excluding steroid dienone is 1. The molecule has 228 valence electrons. The van der Waals surface area contributed by atoms with Crippen molar-refractivity contribution in [2.75, 3.05) is 6.61 Å². The Morgan fingerprint density at radius 3 is 2.57 bits per heavy atom. The van der Waals surface area contributed by atoms with Crippen molar-refractivity contribution in [1.82, 2.24) is 4.57 Å². The standard InChI is InChI=1S/C33H29Cl3N2O5S/c1-5-41-32(40)28-19(4)37-33-38(29(28)24-11-6-7-12-26(24)43-18(2)3)31(39)27(44-33)15-21-14-23(35)16-25(36)30(21)42-17-20-9-8-10-22(34)13-20/h6-16,18,29H,5,17H2,1-4H3/b27-15-/t29-/m0/s1. The lowest BCUT2D eigenvalue weighted by Crippen LogP contribution is -2.40. The second-order valence-electron chi connectivity index (χ2n) is 10.2. The number of esters is 1. The molecule has 1 aromatic heterocycles. The Balaban J connectivity index is 1.68. The number of carbonyl (C=O) groups excluding carboxylic acids is 1. The van der Waals surface area contributed by atoms with Gasteiger partial charge in [0.1, 0.15) is 24.1 Å². The Morgan fingerprint density at radius 2 is 1.84 bits per heavy atom. The van der Waals surface area contributed by atoms with Crippen LogP contribution in [0.25, 0.3) is 6.08 Å². The van der Waals surface area contributed by atoms with Gasteiger partial charge in [0.05, 0.1) is 33.5 Å². The summed E-state index contributed by atoms with van der Waals surface area (Å²) in [6, 6.07) is 17.1. The highest BCUT2D eigenvalue weighted by Crippen LogP contribution is 2.37. The van der Waals surface area contributed by atoms with Crippen LogP contribution in [0, 0.1) is 0 Å². The third-order valence-electron chi connectivity index (χ3n) is 6.69. The molecule has 0 fully saturated rings. The summed E-state index contributed by atoms with van der Waals surface area (Å²) in [5.74, 6) is 0.361. The zero-order chi connectivity index (χ0) is 31.5. The van der Waals surface area contributed by atoms with Crippen molar-refractivity contribution in [3.63, 3.8) is 0 Å². The molecular weight excluding hydrogens is 643 g/mol. The fourth-order valence-corrected chi connectivity index (χ4v) is 6.73. The van der Waals surface area contributed by atoms with Crippen molar-refractivity contribution in [3.8, 4) is 11.5 Å². The fraction of sp³-hybridized carbons (Fsp3) is 0.242. The molecule has 1 atom stereocenters. The van der Waals surface area contributed by atoms with Gasteiger partial charge in [-0.15, -0.1) is 0 Å². The van der Waals surface area contributed by atoms with Gasteiger partial charge in [0.25, 0.3) is 5.56 Å². The molecule has 0 bridgehead atoms. The van der Waals surface area contributed by atoms with E-state index in [9.17, 15) is 9.59 Å². The van der Waals surface area contributed by atoms with Gasteiger partial charge in [0.15, 0.2) is 4.80 Å². The summed E-state index contributed by atoms with van der Waals surface area (Å²) in [7, 11) is 0. The second kappa shape index (κ2) is 13.6. The van der Waals surface area contributed by atoms with E-state index in [2.05, 4.69) is 4.99 Å². The van der Waals surface area contributed by atoms with Crippen molar-refractivity contribution in [1.29, 1.82) is 0 Å². The highest BCUT2D eigenvalue weighted by Gasteiger charge is 2.35. The van der Waals surface area contributed by atoms with Gasteiger partial charge in [-0.05, 0) is 69.7 Å². The van der Waals surface area contributed by atoms with Crippen molar-refractivity contribution < 1.29 is 19.0 Å². The van der Waals surface area contributed by atoms with Crippen molar-refractivity contribution in [2.24, 2.45) is 4.99 Å². The van der Waals surface area contributed by atoms with Crippen molar-refractivity contribution >= 4 is 58.2 Å². The van der Waals surface area contributed by atoms with Gasteiger partial charge in [0.2, 0.25) is 0 Å². The first kappa shape index (κ1) is 31.9. The predicted octanol–water partition coefficient (Wildman–Crippen LogP) is 7.12. The molecule has 1 aliphatic rings. The van der Waals surface area contributed by atoms with Crippen molar-refractivity contribution in [2.45, 2.75) is 46.4 Å². The molecule has 0 spiro atoms. The molecule has 2 heterocycles. The number of nitrogens with zero attached hydrogens (tertiary/aromatic N) is 2. The van der Waals surface area contributed by atoms with E-state index in [1.165, 1.54) is 15.9 Å². The second-order valence-corrected chi connectivity index (χ2v) is 12.5. The average Bonchev–Trinajstić information content (AvgIpc) is 3.26. The Hall–Kier alpha value is -3.56. The van der Waals surface area contributed by atoms with Gasteiger partial charge in [-0.1, -0.05) is 76.5 Å². The first-order valence-corrected chi connectivity index (χ1v) is 15.8. The van der Waals surface area contributed by atoms with E-state index in [1.54, 1.807) is 44.2 Å². The van der Waals surface area contributed by atoms with Gasteiger partial charge in [0, 0.05) is 21.2 Å². The van der Waals surface area contributed by atoms with Gasteiger partial charge in [-0.3, -0.25) is 9.36 Å². The number of thiazole rings is 1. The molecule has 0 saturated carbocycles. The summed E-state index contributed by atoms with van der Waals surface area (Å²) in [4.78, 5) is 32.6. The minimum Gasteiger partial charge on any atom is -0.491 e. The Morgan fingerprint density at radius 1 is 1.07 bits per heavy atom. The summed E-state index contributed by atoms with van der Waals surface area (Å²) in [5, 5.41) is 1.25. The number of rotatable bonds is 9. The van der Waals surface area contributed by atoms with Crippen LogP contribution in [0.5, 0.6) is 11.5 Å².